The molecule has 0 spiro atoms. The van der Waals surface area contributed by atoms with Crippen LogP contribution in [0.5, 0.6) is 0 Å². The average Bonchev–Trinajstić information content (AvgIpc) is 2.82. The van der Waals surface area contributed by atoms with Crippen molar-refractivity contribution in [2.45, 2.75) is 32.6 Å². The van der Waals surface area contributed by atoms with Crippen LogP contribution in [0.1, 0.15) is 30.9 Å². The number of hydrogen-bond acceptors (Lipinski definition) is 2. The standard InChI is InChI=1S/C13H15Cl2N3/c1-3-9-7-10(4-2)18(17-9)13-6-5-11(15)12(8-14)16-13/h5-7H,3-4,8H2,1-2H3. The van der Waals surface area contributed by atoms with Crippen LogP contribution < -0.4 is 0 Å². The van der Waals surface area contributed by atoms with Crippen LogP contribution in [0.15, 0.2) is 18.2 Å². The fourth-order valence-electron chi connectivity index (χ4n) is 1.78. The lowest BCUT2D eigenvalue weighted by atomic mass is 10.2. The van der Waals surface area contributed by atoms with Crippen molar-refractivity contribution in [2.24, 2.45) is 0 Å². The second kappa shape index (κ2) is 5.72. The molecule has 96 valence electrons. The average molecular weight is 284 g/mol. The lowest BCUT2D eigenvalue weighted by molar-refractivity contribution is 0.768. The summed E-state index contributed by atoms with van der Waals surface area (Å²) in [6, 6.07) is 5.79. The first-order valence-corrected chi connectivity index (χ1v) is 6.90. The Morgan fingerprint density at radius 2 is 2.00 bits per heavy atom. The van der Waals surface area contributed by atoms with E-state index in [4.69, 9.17) is 23.2 Å². The van der Waals surface area contributed by atoms with Gasteiger partial charge in [-0.05, 0) is 31.0 Å². The third-order valence-electron chi connectivity index (χ3n) is 2.81. The first-order chi connectivity index (χ1) is 8.69. The van der Waals surface area contributed by atoms with Crippen molar-refractivity contribution in [1.29, 1.82) is 0 Å². The van der Waals surface area contributed by atoms with Gasteiger partial charge in [0.05, 0.1) is 22.3 Å². The zero-order valence-corrected chi connectivity index (χ0v) is 12.0. The van der Waals surface area contributed by atoms with Gasteiger partial charge in [-0.3, -0.25) is 0 Å². The van der Waals surface area contributed by atoms with Gasteiger partial charge in [-0.1, -0.05) is 25.4 Å². The van der Waals surface area contributed by atoms with Crippen molar-refractivity contribution in [3.8, 4) is 5.82 Å². The highest BCUT2D eigenvalue weighted by atomic mass is 35.5. The molecule has 5 heteroatoms. The molecule has 0 amide bonds. The molecule has 18 heavy (non-hydrogen) atoms. The minimum absolute atomic E-state index is 0.302. The molecule has 2 aromatic heterocycles. The topological polar surface area (TPSA) is 30.7 Å². The lowest BCUT2D eigenvalue weighted by Crippen LogP contribution is -2.05. The van der Waals surface area contributed by atoms with E-state index in [-0.39, 0.29) is 0 Å². The summed E-state index contributed by atoms with van der Waals surface area (Å²) < 4.78 is 1.87. The third-order valence-corrected chi connectivity index (χ3v) is 3.40. The van der Waals surface area contributed by atoms with Crippen molar-refractivity contribution in [3.63, 3.8) is 0 Å². The summed E-state index contributed by atoms with van der Waals surface area (Å²) in [5, 5.41) is 5.14. The van der Waals surface area contributed by atoms with Crippen LogP contribution in [0.3, 0.4) is 0 Å². The van der Waals surface area contributed by atoms with Crippen LogP contribution in [-0.4, -0.2) is 14.8 Å². The van der Waals surface area contributed by atoms with Crippen LogP contribution in [-0.2, 0) is 18.7 Å². The molecule has 0 aromatic carbocycles. The summed E-state index contributed by atoms with van der Waals surface area (Å²) in [6.07, 6.45) is 1.82. The number of aromatic nitrogens is 3. The molecule has 0 radical (unpaired) electrons. The van der Waals surface area contributed by atoms with Gasteiger partial charge in [0.15, 0.2) is 5.82 Å². The SMILES string of the molecule is CCc1cc(CC)n(-c2ccc(Cl)c(CCl)n2)n1. The Hall–Kier alpha value is -1.06. The Morgan fingerprint density at radius 1 is 1.22 bits per heavy atom. The van der Waals surface area contributed by atoms with E-state index < -0.39 is 0 Å². The molecule has 0 N–H and O–H groups in total. The molecule has 0 fully saturated rings. The monoisotopic (exact) mass is 283 g/mol. The molecule has 2 aromatic rings. The number of alkyl halides is 1. The van der Waals surface area contributed by atoms with Gasteiger partial charge in [0, 0.05) is 5.69 Å². The number of rotatable bonds is 4. The number of pyridine rings is 1. The van der Waals surface area contributed by atoms with Gasteiger partial charge in [-0.2, -0.15) is 5.10 Å². The Balaban J connectivity index is 2.50. The highest BCUT2D eigenvalue weighted by Crippen LogP contribution is 2.19. The fraction of sp³-hybridized carbons (Fsp3) is 0.385. The smallest absolute Gasteiger partial charge is 0.154 e. The van der Waals surface area contributed by atoms with E-state index >= 15 is 0 Å². The predicted octanol–water partition coefficient (Wildman–Crippen LogP) is 3.78. The quantitative estimate of drug-likeness (QED) is 0.800. The minimum atomic E-state index is 0.302. The van der Waals surface area contributed by atoms with E-state index in [2.05, 4.69) is 30.0 Å². The summed E-state index contributed by atoms with van der Waals surface area (Å²) in [4.78, 5) is 4.45. The van der Waals surface area contributed by atoms with Gasteiger partial charge in [0.2, 0.25) is 0 Å². The summed E-state index contributed by atoms with van der Waals surface area (Å²) in [6.45, 7) is 4.19. The zero-order chi connectivity index (χ0) is 13.1. The maximum atomic E-state index is 6.01. The second-order valence-corrected chi connectivity index (χ2v) is 4.65. The van der Waals surface area contributed by atoms with Crippen molar-refractivity contribution in [1.82, 2.24) is 14.8 Å². The van der Waals surface area contributed by atoms with Gasteiger partial charge in [0.1, 0.15) is 0 Å². The molecule has 2 heterocycles. The Morgan fingerprint density at radius 3 is 2.61 bits per heavy atom. The van der Waals surface area contributed by atoms with Gasteiger partial charge >= 0.3 is 0 Å². The zero-order valence-electron chi connectivity index (χ0n) is 10.5. The maximum absolute atomic E-state index is 6.01. The number of aryl methyl sites for hydroxylation is 2. The van der Waals surface area contributed by atoms with E-state index in [1.54, 1.807) is 0 Å². The first-order valence-electron chi connectivity index (χ1n) is 5.99. The third kappa shape index (κ3) is 2.52. The molecule has 0 unspecified atom stereocenters. The Kier molecular flexibility index (Phi) is 4.25. The van der Waals surface area contributed by atoms with Crippen LogP contribution in [0, 0.1) is 0 Å². The van der Waals surface area contributed by atoms with Crippen molar-refractivity contribution >= 4 is 23.2 Å². The van der Waals surface area contributed by atoms with Crippen LogP contribution in [0.4, 0.5) is 0 Å². The molecule has 0 aliphatic rings. The predicted molar refractivity (Wildman–Crippen MR) is 74.7 cm³/mol. The van der Waals surface area contributed by atoms with Crippen molar-refractivity contribution in [3.05, 3.63) is 40.3 Å². The maximum Gasteiger partial charge on any atom is 0.154 e. The molecule has 0 atom stereocenters. The Labute approximate surface area is 117 Å². The van der Waals surface area contributed by atoms with Crippen LogP contribution in [0.25, 0.3) is 5.82 Å². The minimum Gasteiger partial charge on any atom is -0.231 e. The van der Waals surface area contributed by atoms with E-state index in [1.807, 2.05) is 16.8 Å². The van der Waals surface area contributed by atoms with Crippen molar-refractivity contribution < 1.29 is 0 Å². The summed E-state index contributed by atoms with van der Waals surface area (Å²) in [5.41, 5.74) is 2.89. The summed E-state index contributed by atoms with van der Waals surface area (Å²) in [7, 11) is 0. The number of hydrogen-bond donors (Lipinski definition) is 0. The summed E-state index contributed by atoms with van der Waals surface area (Å²) >= 11 is 11.8. The normalized spacial score (nSPS) is 10.9. The molecular formula is C13H15Cl2N3. The van der Waals surface area contributed by atoms with Gasteiger partial charge in [0.25, 0.3) is 0 Å². The van der Waals surface area contributed by atoms with E-state index in [0.717, 1.165) is 30.0 Å². The van der Waals surface area contributed by atoms with Crippen LogP contribution >= 0.6 is 23.2 Å². The fourth-order valence-corrected chi connectivity index (χ4v) is 2.23. The number of halogens is 2. The molecular weight excluding hydrogens is 269 g/mol. The molecule has 0 saturated carbocycles. The summed E-state index contributed by atoms with van der Waals surface area (Å²) in [5.74, 6) is 1.07. The van der Waals surface area contributed by atoms with Crippen molar-refractivity contribution in [2.75, 3.05) is 0 Å². The molecule has 0 saturated heterocycles. The van der Waals surface area contributed by atoms with E-state index in [0.29, 0.717) is 16.6 Å². The van der Waals surface area contributed by atoms with Gasteiger partial charge < -0.3 is 0 Å². The van der Waals surface area contributed by atoms with Gasteiger partial charge in [-0.15, -0.1) is 11.6 Å². The highest BCUT2D eigenvalue weighted by Gasteiger charge is 2.10. The Bertz CT molecular complexity index is 549. The largest absolute Gasteiger partial charge is 0.231 e. The molecule has 0 aliphatic heterocycles. The number of nitrogens with zero attached hydrogens (tertiary/aromatic N) is 3. The second-order valence-electron chi connectivity index (χ2n) is 3.98. The molecule has 0 bridgehead atoms. The van der Waals surface area contributed by atoms with Crippen LogP contribution in [0.2, 0.25) is 5.02 Å². The molecule has 3 nitrogen and oxygen atoms in total. The van der Waals surface area contributed by atoms with E-state index in [9.17, 15) is 0 Å². The molecule has 0 aliphatic carbocycles. The lowest BCUT2D eigenvalue weighted by Gasteiger charge is -2.07. The highest BCUT2D eigenvalue weighted by molar-refractivity contribution is 6.32. The van der Waals surface area contributed by atoms with E-state index in [1.165, 1.54) is 0 Å². The molecule has 2 rings (SSSR count). The van der Waals surface area contributed by atoms with Gasteiger partial charge in [-0.25, -0.2) is 9.67 Å². The first kappa shape index (κ1) is 13.4.